The van der Waals surface area contributed by atoms with E-state index in [-0.39, 0.29) is 30.5 Å². The normalized spacial score (nSPS) is 26.0. The van der Waals surface area contributed by atoms with Gasteiger partial charge in [0.25, 0.3) is 0 Å². The van der Waals surface area contributed by atoms with Gasteiger partial charge in [0.05, 0.1) is 11.9 Å². The van der Waals surface area contributed by atoms with Crippen molar-refractivity contribution in [2.24, 2.45) is 17.8 Å². The van der Waals surface area contributed by atoms with Crippen LogP contribution >= 0.6 is 15.9 Å². The summed E-state index contributed by atoms with van der Waals surface area (Å²) in [7, 11) is -3.78. The molecule has 2 atom stereocenters. The molecule has 7 nitrogen and oxygen atoms in total. The van der Waals surface area contributed by atoms with Crippen molar-refractivity contribution in [3.05, 3.63) is 64.1 Å². The third kappa shape index (κ3) is 6.72. The molecule has 4 aliphatic carbocycles. The van der Waals surface area contributed by atoms with Gasteiger partial charge in [-0.15, -0.1) is 0 Å². The van der Waals surface area contributed by atoms with E-state index < -0.39 is 22.0 Å². The van der Waals surface area contributed by atoms with Gasteiger partial charge in [0.15, 0.2) is 0 Å². The zero-order chi connectivity index (χ0) is 30.2. The molecular weight excluding hydrogens is 614 g/mol. The molecule has 2 aromatic rings. The Morgan fingerprint density at radius 2 is 1.60 bits per heavy atom. The molecule has 4 saturated carbocycles. The van der Waals surface area contributed by atoms with Gasteiger partial charge in [-0.1, -0.05) is 47.1 Å². The van der Waals surface area contributed by atoms with E-state index in [4.69, 9.17) is 0 Å². The lowest BCUT2D eigenvalue weighted by molar-refractivity contribution is -0.139. The highest BCUT2D eigenvalue weighted by Gasteiger charge is 2.51. The lowest BCUT2D eigenvalue weighted by atomic mass is 9.48. The van der Waals surface area contributed by atoms with Crippen LogP contribution in [0.3, 0.4) is 0 Å². The number of hydrogen-bond acceptors (Lipinski definition) is 4. The second kappa shape index (κ2) is 12.3. The molecule has 0 aliphatic heterocycles. The summed E-state index contributed by atoms with van der Waals surface area (Å²) in [6.45, 7) is 5.39. The second-order valence-corrected chi connectivity index (χ2v) is 16.0. The van der Waals surface area contributed by atoms with Crippen LogP contribution in [0.25, 0.3) is 0 Å². The highest BCUT2D eigenvalue weighted by atomic mass is 79.9. The van der Waals surface area contributed by atoms with Crippen LogP contribution in [0, 0.1) is 17.8 Å². The van der Waals surface area contributed by atoms with Crippen LogP contribution in [0.15, 0.2) is 53.0 Å². The number of halogens is 1. The minimum absolute atomic E-state index is 0.0391. The molecule has 9 heteroatoms. The van der Waals surface area contributed by atoms with Crippen LogP contribution in [0.4, 0.5) is 5.69 Å². The molecule has 4 bridgehead atoms. The molecule has 0 unspecified atom stereocenters. The Bertz CT molecular complexity index is 1380. The van der Waals surface area contributed by atoms with Crippen molar-refractivity contribution in [3.63, 3.8) is 0 Å². The van der Waals surface area contributed by atoms with Crippen molar-refractivity contribution in [2.45, 2.75) is 89.8 Å². The van der Waals surface area contributed by atoms with E-state index in [0.29, 0.717) is 5.69 Å². The highest BCUT2D eigenvalue weighted by Crippen LogP contribution is 2.60. The maximum absolute atomic E-state index is 13.9. The van der Waals surface area contributed by atoms with Gasteiger partial charge in [-0.3, -0.25) is 13.9 Å². The lowest BCUT2D eigenvalue weighted by Gasteiger charge is -2.57. The van der Waals surface area contributed by atoms with Gasteiger partial charge in [-0.05, 0) is 117 Å². The van der Waals surface area contributed by atoms with Gasteiger partial charge in [-0.25, -0.2) is 8.42 Å². The van der Waals surface area contributed by atoms with Gasteiger partial charge >= 0.3 is 0 Å². The molecule has 0 radical (unpaired) electrons. The monoisotopic (exact) mass is 657 g/mol. The number of nitrogens with zero attached hydrogens (tertiary/aromatic N) is 2. The molecule has 2 aromatic carbocycles. The quantitative estimate of drug-likeness (QED) is 0.320. The summed E-state index contributed by atoms with van der Waals surface area (Å²) in [5, 5.41) is 2.96. The van der Waals surface area contributed by atoms with Crippen LogP contribution in [0.1, 0.15) is 76.8 Å². The Hall–Kier alpha value is -2.39. The molecule has 0 spiro atoms. The van der Waals surface area contributed by atoms with Crippen LogP contribution in [-0.4, -0.2) is 50.0 Å². The second-order valence-electron chi connectivity index (χ2n) is 13.2. The molecule has 42 heavy (non-hydrogen) atoms. The fourth-order valence-corrected chi connectivity index (χ4v) is 9.24. The van der Waals surface area contributed by atoms with Gasteiger partial charge in [0.2, 0.25) is 21.8 Å². The van der Waals surface area contributed by atoms with Gasteiger partial charge in [0.1, 0.15) is 12.6 Å². The van der Waals surface area contributed by atoms with Crippen LogP contribution in [0.2, 0.25) is 0 Å². The van der Waals surface area contributed by atoms with Crippen molar-refractivity contribution >= 4 is 43.5 Å². The average Bonchev–Trinajstić information content (AvgIpc) is 2.93. The minimum atomic E-state index is -3.78. The van der Waals surface area contributed by atoms with E-state index in [2.05, 4.69) is 33.4 Å². The topological polar surface area (TPSA) is 86.8 Å². The fourth-order valence-electron chi connectivity index (χ4n) is 7.94. The zero-order valence-electron chi connectivity index (χ0n) is 25.2. The number of rotatable bonds is 11. The number of sulfonamides is 1. The molecule has 2 amide bonds. The Kier molecular flexibility index (Phi) is 9.10. The summed E-state index contributed by atoms with van der Waals surface area (Å²) in [5.41, 5.74) is 2.82. The number of amides is 2. The number of benzene rings is 2. The fraction of sp³-hybridized carbons (Fsp3) is 0.576. The highest BCUT2D eigenvalue weighted by molar-refractivity contribution is 9.10. The summed E-state index contributed by atoms with van der Waals surface area (Å²) in [6.07, 6.45) is 9.68. The zero-order valence-corrected chi connectivity index (χ0v) is 27.6. The van der Waals surface area contributed by atoms with Gasteiger partial charge in [0, 0.05) is 17.1 Å². The molecule has 6 rings (SSSR count). The minimum Gasteiger partial charge on any atom is -0.352 e. The maximum atomic E-state index is 13.9. The van der Waals surface area contributed by atoms with Crippen LogP contribution in [0.5, 0.6) is 0 Å². The third-order valence-electron chi connectivity index (χ3n) is 9.90. The van der Waals surface area contributed by atoms with Crippen LogP contribution in [-0.2, 0) is 31.6 Å². The predicted molar refractivity (Wildman–Crippen MR) is 171 cm³/mol. The summed E-state index contributed by atoms with van der Waals surface area (Å²) >= 11 is 3.48. The molecule has 0 heterocycles. The van der Waals surface area contributed by atoms with Crippen molar-refractivity contribution in [3.8, 4) is 0 Å². The maximum Gasteiger partial charge on any atom is 0.244 e. The summed E-state index contributed by atoms with van der Waals surface area (Å²) in [5.74, 6) is 1.75. The van der Waals surface area contributed by atoms with E-state index >= 15 is 0 Å². The van der Waals surface area contributed by atoms with Gasteiger partial charge in [-0.2, -0.15) is 0 Å². The van der Waals surface area contributed by atoms with E-state index in [1.54, 1.807) is 6.92 Å². The molecule has 0 saturated heterocycles. The summed E-state index contributed by atoms with van der Waals surface area (Å²) in [4.78, 5) is 28.5. The number of anilines is 1. The molecule has 4 fully saturated rings. The van der Waals surface area contributed by atoms with E-state index in [9.17, 15) is 18.0 Å². The molecule has 4 aliphatic rings. The third-order valence-corrected chi connectivity index (χ3v) is 11.5. The standard InChI is InChI=1S/C33H44BrN3O4S/c1-5-22(2)35-32(39)23(3)36(20-24-7-6-8-29(34)16-24)31(38)21-37(42(4,40)41)30-11-9-28(10-12-30)33-17-25-13-26(18-33)15-27(14-25)19-33/h6-12,16,22-23,25-27H,5,13-15,17-21H2,1-4H3,(H,35,39)/t22-,23-,25?,26?,27?,33?/m1/s1. The van der Waals surface area contributed by atoms with Crippen molar-refractivity contribution in [2.75, 3.05) is 17.1 Å². The van der Waals surface area contributed by atoms with Crippen molar-refractivity contribution in [1.29, 1.82) is 0 Å². The largest absolute Gasteiger partial charge is 0.352 e. The smallest absolute Gasteiger partial charge is 0.244 e. The number of carbonyl (C=O) groups excluding carboxylic acids is 2. The number of nitrogens with one attached hydrogen (secondary N) is 1. The first-order valence-corrected chi connectivity index (χ1v) is 17.9. The average molecular weight is 659 g/mol. The van der Waals surface area contributed by atoms with Crippen LogP contribution < -0.4 is 9.62 Å². The Morgan fingerprint density at radius 3 is 2.12 bits per heavy atom. The SMILES string of the molecule is CC[C@@H](C)NC(=O)[C@@H](C)N(Cc1cccc(Br)c1)C(=O)CN(c1ccc(C23CC4CC(CC(C4)C2)C3)cc1)S(C)(=O)=O. The molecule has 228 valence electrons. The molecular formula is C33H44BrN3O4S. The summed E-state index contributed by atoms with van der Waals surface area (Å²) in [6, 6.07) is 14.6. The summed E-state index contributed by atoms with van der Waals surface area (Å²) < 4.78 is 28.1. The Labute approximate surface area is 259 Å². The van der Waals surface area contributed by atoms with Gasteiger partial charge < -0.3 is 10.2 Å². The van der Waals surface area contributed by atoms with Crippen molar-refractivity contribution < 1.29 is 18.0 Å². The van der Waals surface area contributed by atoms with E-state index in [1.807, 2.05) is 50.2 Å². The molecule has 1 N–H and O–H groups in total. The van der Waals surface area contributed by atoms with E-state index in [1.165, 1.54) is 53.3 Å². The number of hydrogen-bond donors (Lipinski definition) is 1. The van der Waals surface area contributed by atoms with Crippen molar-refractivity contribution in [1.82, 2.24) is 10.2 Å². The first kappa shape index (κ1) is 31.0. The first-order valence-electron chi connectivity index (χ1n) is 15.3. The Morgan fingerprint density at radius 1 is 1.00 bits per heavy atom. The Balaban J connectivity index is 1.38. The first-order chi connectivity index (χ1) is 19.9. The lowest BCUT2D eigenvalue weighted by Crippen LogP contribution is -2.52. The van der Waals surface area contributed by atoms with E-state index in [0.717, 1.165) is 40.5 Å². The number of carbonyl (C=O) groups is 2. The predicted octanol–water partition coefficient (Wildman–Crippen LogP) is 6.01. The molecule has 0 aromatic heterocycles.